The molecule has 0 aromatic rings. The lowest BCUT2D eigenvalue weighted by Crippen LogP contribution is -2.60. The second-order valence-corrected chi connectivity index (χ2v) is 14.1. The van der Waals surface area contributed by atoms with Gasteiger partial charge >= 0.3 is 11.9 Å². The van der Waals surface area contributed by atoms with Gasteiger partial charge in [-0.15, -0.1) is 0 Å². The van der Waals surface area contributed by atoms with Gasteiger partial charge in [0.05, 0.1) is 23.0 Å². The van der Waals surface area contributed by atoms with E-state index in [2.05, 4.69) is 19.9 Å². The molecule has 5 aliphatic carbocycles. The van der Waals surface area contributed by atoms with E-state index < -0.39 is 16.6 Å². The molecule has 2 saturated heterocycles. The first kappa shape index (κ1) is 23.5. The summed E-state index contributed by atoms with van der Waals surface area (Å²) in [4.78, 5) is 25.5. The molecule has 196 valence electrons. The number of hydrogen-bond donors (Lipinski definition) is 2. The van der Waals surface area contributed by atoms with E-state index in [-0.39, 0.29) is 71.0 Å². The minimum atomic E-state index is -1.03. The minimum Gasteiger partial charge on any atom is -0.461 e. The molecule has 1 spiro atoms. The van der Waals surface area contributed by atoms with Crippen LogP contribution in [0.15, 0.2) is 22.8 Å². The monoisotopic (exact) mass is 496 g/mol. The largest absolute Gasteiger partial charge is 0.461 e. The van der Waals surface area contributed by atoms with E-state index in [9.17, 15) is 19.8 Å². The quantitative estimate of drug-likeness (QED) is 0.390. The Morgan fingerprint density at radius 2 is 1.56 bits per heavy atom. The first-order valence-corrected chi connectivity index (χ1v) is 14.1. The van der Waals surface area contributed by atoms with Gasteiger partial charge in [-0.3, -0.25) is 9.59 Å². The van der Waals surface area contributed by atoms with Crippen LogP contribution < -0.4 is 0 Å². The van der Waals surface area contributed by atoms with Crippen molar-refractivity contribution < 1.29 is 29.3 Å². The van der Waals surface area contributed by atoms with Crippen LogP contribution in [0.4, 0.5) is 0 Å². The van der Waals surface area contributed by atoms with Crippen LogP contribution in [0.3, 0.4) is 0 Å². The maximum Gasteiger partial charge on any atom is 0.309 e. The molecule has 36 heavy (non-hydrogen) atoms. The lowest BCUT2D eigenvalue weighted by Gasteiger charge is -2.57. The van der Waals surface area contributed by atoms with Crippen molar-refractivity contribution >= 4 is 11.9 Å². The van der Waals surface area contributed by atoms with Crippen molar-refractivity contribution in [2.24, 2.45) is 52.3 Å². The van der Waals surface area contributed by atoms with Gasteiger partial charge in [0.1, 0.15) is 12.2 Å². The lowest BCUT2D eigenvalue weighted by molar-refractivity contribution is -0.164. The number of fused-ring (bicyclic) bond motifs is 9. The van der Waals surface area contributed by atoms with Gasteiger partial charge in [0.25, 0.3) is 0 Å². The normalized spacial score (nSPS) is 58.8. The van der Waals surface area contributed by atoms with Gasteiger partial charge < -0.3 is 19.7 Å². The molecule has 2 saturated carbocycles. The summed E-state index contributed by atoms with van der Waals surface area (Å²) in [7, 11) is 0. The molecule has 7 aliphatic rings. The average Bonchev–Trinajstić information content (AvgIpc) is 3.47. The zero-order valence-electron chi connectivity index (χ0n) is 22.3. The first-order chi connectivity index (χ1) is 16.8. The Morgan fingerprint density at radius 3 is 2.28 bits per heavy atom. The zero-order chi connectivity index (χ0) is 25.7. The molecular weight excluding hydrogens is 456 g/mol. The highest BCUT2D eigenvalue weighted by molar-refractivity contribution is 5.76. The van der Waals surface area contributed by atoms with Gasteiger partial charge in [-0.1, -0.05) is 32.4 Å². The van der Waals surface area contributed by atoms with Gasteiger partial charge in [0, 0.05) is 23.2 Å². The van der Waals surface area contributed by atoms with Crippen molar-refractivity contribution in [3.05, 3.63) is 22.8 Å². The molecule has 2 bridgehead atoms. The van der Waals surface area contributed by atoms with Crippen LogP contribution in [0.2, 0.25) is 0 Å². The molecule has 2 heterocycles. The Balaban J connectivity index is 1.48. The Labute approximate surface area is 213 Å². The van der Waals surface area contributed by atoms with E-state index in [1.807, 2.05) is 27.7 Å². The van der Waals surface area contributed by atoms with Crippen LogP contribution in [-0.2, 0) is 19.1 Å². The topological polar surface area (TPSA) is 93.1 Å². The third kappa shape index (κ3) is 2.35. The fourth-order valence-electron chi connectivity index (χ4n) is 11.0. The third-order valence-corrected chi connectivity index (χ3v) is 12.5. The van der Waals surface area contributed by atoms with Crippen molar-refractivity contribution in [3.8, 4) is 0 Å². The SMILES string of the molecule is CC1=C[C@@H]2[C@@]3([C@H]4C[C@]2(C)C2=C4[C@@](C)(O)CC[C@H]4[C@H](C)C(=O)O[C@H]24)[C@@H]1[C@H]1OC(=O)[C@@H](C)[C@@H]1CC[C@@]3(C)O. The zero-order valence-corrected chi connectivity index (χ0v) is 22.3. The van der Waals surface area contributed by atoms with Crippen LogP contribution in [0.5, 0.6) is 0 Å². The smallest absolute Gasteiger partial charge is 0.309 e. The number of allylic oxidation sites excluding steroid dienone is 1. The maximum absolute atomic E-state index is 12.8. The standard InChI is InChI=1S/C30H40O6/c1-13-11-19-27(4)12-18(21-22(27)24-16(7-9-28(21,5)33)14(2)26(32)36-24)30(19)20(13)23-17(8-10-29(30,6)34)15(3)25(31)35-23/h11,14-20,23-24,33-34H,7-10,12H2,1-6H3/t14-,15-,16-,17-,18-,19-,20-,23-,24-,27-,28-,29+,30-/m0/s1. The number of carbonyl (C=O) groups excluding carboxylic acids is 2. The van der Waals surface area contributed by atoms with Crippen LogP contribution in [0, 0.1) is 52.3 Å². The van der Waals surface area contributed by atoms with E-state index in [4.69, 9.17) is 9.47 Å². The summed E-state index contributed by atoms with van der Waals surface area (Å²) in [6, 6.07) is 0. The van der Waals surface area contributed by atoms with E-state index in [0.29, 0.717) is 12.8 Å². The molecule has 6 heteroatoms. The summed E-state index contributed by atoms with van der Waals surface area (Å²) in [6.45, 7) is 12.3. The number of hydrogen-bond acceptors (Lipinski definition) is 6. The summed E-state index contributed by atoms with van der Waals surface area (Å²) in [6.07, 6.45) is 5.33. The highest BCUT2D eigenvalue weighted by Gasteiger charge is 2.80. The van der Waals surface area contributed by atoms with E-state index in [0.717, 1.165) is 30.4 Å². The highest BCUT2D eigenvalue weighted by Crippen LogP contribution is 2.81. The predicted octanol–water partition coefficient (Wildman–Crippen LogP) is 3.95. The van der Waals surface area contributed by atoms with Gasteiger partial charge in [-0.05, 0) is 81.3 Å². The van der Waals surface area contributed by atoms with Crippen molar-refractivity contribution in [1.82, 2.24) is 0 Å². The summed E-state index contributed by atoms with van der Waals surface area (Å²) < 4.78 is 12.3. The minimum absolute atomic E-state index is 0.0336. The van der Waals surface area contributed by atoms with Crippen molar-refractivity contribution in [1.29, 1.82) is 0 Å². The molecule has 0 amide bonds. The lowest BCUT2D eigenvalue weighted by atomic mass is 9.49. The van der Waals surface area contributed by atoms with Crippen LogP contribution >= 0.6 is 0 Å². The number of carbonyl (C=O) groups is 2. The fourth-order valence-corrected chi connectivity index (χ4v) is 11.0. The van der Waals surface area contributed by atoms with Crippen molar-refractivity contribution in [2.75, 3.05) is 0 Å². The third-order valence-electron chi connectivity index (χ3n) is 12.5. The number of esters is 2. The molecule has 2 N–H and O–H groups in total. The molecule has 4 fully saturated rings. The number of rotatable bonds is 0. The molecule has 2 aliphatic heterocycles. The second-order valence-electron chi connectivity index (χ2n) is 14.1. The summed E-state index contributed by atoms with van der Waals surface area (Å²) in [5, 5.41) is 24.6. The van der Waals surface area contributed by atoms with Crippen LogP contribution in [0.25, 0.3) is 0 Å². The molecule has 6 nitrogen and oxygen atoms in total. The molecule has 0 unspecified atom stereocenters. The summed E-state index contributed by atoms with van der Waals surface area (Å²) >= 11 is 0. The highest BCUT2D eigenvalue weighted by atomic mass is 16.6. The van der Waals surface area contributed by atoms with E-state index in [1.165, 1.54) is 5.57 Å². The van der Waals surface area contributed by atoms with Gasteiger partial charge in [-0.2, -0.15) is 0 Å². The Kier molecular flexibility index (Phi) is 4.34. The number of ether oxygens (including phenoxy) is 2. The maximum atomic E-state index is 12.8. The van der Waals surface area contributed by atoms with Crippen molar-refractivity contribution in [3.63, 3.8) is 0 Å². The first-order valence-electron chi connectivity index (χ1n) is 14.1. The van der Waals surface area contributed by atoms with E-state index in [1.54, 1.807) is 0 Å². The van der Waals surface area contributed by atoms with Crippen LogP contribution in [0.1, 0.15) is 73.6 Å². The Bertz CT molecular complexity index is 1150. The molecule has 0 radical (unpaired) electrons. The Morgan fingerprint density at radius 1 is 0.917 bits per heavy atom. The van der Waals surface area contributed by atoms with Gasteiger partial charge in [-0.25, -0.2) is 0 Å². The number of aliphatic hydroxyl groups is 2. The molecule has 0 aromatic heterocycles. The molecular formula is C30H40O6. The molecule has 13 atom stereocenters. The van der Waals surface area contributed by atoms with Crippen molar-refractivity contribution in [2.45, 2.75) is 97.1 Å². The summed E-state index contributed by atoms with van der Waals surface area (Å²) in [5.74, 6) is -0.552. The second kappa shape index (κ2) is 6.66. The predicted molar refractivity (Wildman–Crippen MR) is 131 cm³/mol. The molecule has 7 rings (SSSR count). The summed E-state index contributed by atoms with van der Waals surface area (Å²) in [5.41, 5.74) is 0.417. The molecule has 0 aromatic carbocycles. The van der Waals surface area contributed by atoms with E-state index >= 15 is 0 Å². The van der Waals surface area contributed by atoms with Crippen LogP contribution in [-0.4, -0.2) is 45.6 Å². The van der Waals surface area contributed by atoms with Gasteiger partial charge in [0.2, 0.25) is 0 Å². The fraction of sp³-hybridized carbons (Fsp3) is 0.800. The Hall–Kier alpha value is -1.66. The van der Waals surface area contributed by atoms with Gasteiger partial charge in [0.15, 0.2) is 0 Å². The average molecular weight is 497 g/mol.